The van der Waals surface area contributed by atoms with Crippen LogP contribution >= 0.6 is 0 Å². The van der Waals surface area contributed by atoms with Crippen molar-refractivity contribution in [2.45, 2.75) is 45.3 Å². The van der Waals surface area contributed by atoms with Crippen LogP contribution in [-0.4, -0.2) is 42.6 Å². The zero-order valence-electron chi connectivity index (χ0n) is 13.6. The van der Waals surface area contributed by atoms with Gasteiger partial charge >= 0.3 is 18.1 Å². The molecule has 0 aliphatic carbocycles. The van der Waals surface area contributed by atoms with E-state index in [9.17, 15) is 14.4 Å². The lowest BCUT2D eigenvalue weighted by Gasteiger charge is -2.20. The predicted octanol–water partition coefficient (Wildman–Crippen LogP) is 1.04. The van der Waals surface area contributed by atoms with Crippen LogP contribution in [0.15, 0.2) is 17.8 Å². The summed E-state index contributed by atoms with van der Waals surface area (Å²) in [6, 6.07) is -1.49. The first kappa shape index (κ1) is 20.4. The van der Waals surface area contributed by atoms with E-state index in [2.05, 4.69) is 17.0 Å². The number of amides is 3. The second-order valence-corrected chi connectivity index (χ2v) is 5.52. The van der Waals surface area contributed by atoms with E-state index in [-0.39, 0.29) is 19.4 Å². The van der Waals surface area contributed by atoms with Crippen molar-refractivity contribution in [1.29, 1.82) is 0 Å². The molecule has 0 aromatic rings. The maximum Gasteiger partial charge on any atom is 0.407 e. The maximum absolute atomic E-state index is 11.7. The largest absolute Gasteiger partial charge is 0.460 e. The zero-order chi connectivity index (χ0) is 17.9. The smallest absolute Gasteiger partial charge is 0.407 e. The lowest BCUT2D eigenvalue weighted by molar-refractivity contribution is -0.154. The highest BCUT2D eigenvalue weighted by Gasteiger charge is 2.18. The Bertz CT molecular complexity index is 457. The van der Waals surface area contributed by atoms with E-state index in [1.165, 1.54) is 12.3 Å². The number of primary amides is 1. The van der Waals surface area contributed by atoms with E-state index in [1.54, 1.807) is 20.8 Å². The Labute approximate surface area is 135 Å². The van der Waals surface area contributed by atoms with Gasteiger partial charge in [0, 0.05) is 12.6 Å². The van der Waals surface area contributed by atoms with Gasteiger partial charge in [-0.2, -0.15) is 5.10 Å². The van der Waals surface area contributed by atoms with Crippen molar-refractivity contribution in [2.24, 2.45) is 10.8 Å². The van der Waals surface area contributed by atoms with E-state index < -0.39 is 29.7 Å². The van der Waals surface area contributed by atoms with Gasteiger partial charge < -0.3 is 20.5 Å². The first-order valence-corrected chi connectivity index (χ1v) is 6.98. The number of ether oxygens (including phenoxy) is 2. The number of hydrazone groups is 1. The molecular formula is C14H24N4O5. The van der Waals surface area contributed by atoms with Crippen LogP contribution < -0.4 is 16.5 Å². The minimum Gasteiger partial charge on any atom is -0.460 e. The fourth-order valence-electron chi connectivity index (χ4n) is 1.37. The third-order valence-corrected chi connectivity index (χ3v) is 2.14. The normalized spacial score (nSPS) is 12.3. The number of hydrogen-bond donors (Lipinski definition) is 3. The molecule has 9 nitrogen and oxygen atoms in total. The third-order valence-electron chi connectivity index (χ3n) is 2.14. The van der Waals surface area contributed by atoms with Gasteiger partial charge in [0.1, 0.15) is 12.2 Å². The van der Waals surface area contributed by atoms with Crippen LogP contribution in [0.1, 0.15) is 33.6 Å². The summed E-state index contributed by atoms with van der Waals surface area (Å²) < 4.78 is 9.95. The van der Waals surface area contributed by atoms with E-state index in [0.717, 1.165) is 0 Å². The first-order chi connectivity index (χ1) is 10.6. The average Bonchev–Trinajstić information content (AvgIpc) is 2.40. The molecule has 0 rings (SSSR count). The van der Waals surface area contributed by atoms with Crippen molar-refractivity contribution in [1.82, 2.24) is 10.7 Å². The van der Waals surface area contributed by atoms with Gasteiger partial charge in [-0.25, -0.2) is 15.0 Å². The minimum absolute atomic E-state index is 0.0430. The van der Waals surface area contributed by atoms with Crippen molar-refractivity contribution in [2.75, 3.05) is 6.61 Å². The molecular weight excluding hydrogens is 304 g/mol. The third kappa shape index (κ3) is 12.8. The Balaban J connectivity index is 4.55. The summed E-state index contributed by atoms with van der Waals surface area (Å²) in [5.41, 5.74) is 6.29. The van der Waals surface area contributed by atoms with Crippen LogP contribution in [0.3, 0.4) is 0 Å². The summed E-state index contributed by atoms with van der Waals surface area (Å²) in [4.78, 5) is 33.8. The molecule has 0 heterocycles. The highest BCUT2D eigenvalue weighted by Crippen LogP contribution is 2.09. The summed E-state index contributed by atoms with van der Waals surface area (Å²) in [7, 11) is 0. The van der Waals surface area contributed by atoms with Gasteiger partial charge in [-0.05, 0) is 27.2 Å². The number of urea groups is 1. The summed E-state index contributed by atoms with van der Waals surface area (Å²) >= 11 is 0. The first-order valence-electron chi connectivity index (χ1n) is 6.98. The Hall–Kier alpha value is -2.58. The molecule has 130 valence electrons. The predicted molar refractivity (Wildman–Crippen MR) is 84.8 cm³/mol. The summed E-state index contributed by atoms with van der Waals surface area (Å²) in [5, 5.41) is 6.05. The summed E-state index contributed by atoms with van der Waals surface area (Å²) in [6.45, 7) is 8.73. The monoisotopic (exact) mass is 328 g/mol. The minimum atomic E-state index is -0.846. The number of nitrogens with two attached hydrogens (primary N) is 1. The Morgan fingerprint density at radius 3 is 2.52 bits per heavy atom. The Kier molecular flexibility index (Phi) is 9.05. The van der Waals surface area contributed by atoms with E-state index in [0.29, 0.717) is 0 Å². The molecule has 0 spiro atoms. The molecule has 0 fully saturated rings. The molecule has 0 radical (unpaired) electrons. The van der Waals surface area contributed by atoms with Crippen LogP contribution in [0, 0.1) is 0 Å². The van der Waals surface area contributed by atoms with Gasteiger partial charge in [-0.1, -0.05) is 12.7 Å². The zero-order valence-corrected chi connectivity index (χ0v) is 13.6. The molecule has 1 atom stereocenters. The molecule has 0 aromatic heterocycles. The molecule has 0 aliphatic heterocycles. The van der Waals surface area contributed by atoms with E-state index in [4.69, 9.17) is 15.2 Å². The van der Waals surface area contributed by atoms with E-state index in [1.807, 2.05) is 5.43 Å². The average molecular weight is 328 g/mol. The Morgan fingerprint density at radius 2 is 2.00 bits per heavy atom. The van der Waals surface area contributed by atoms with Crippen molar-refractivity contribution in [3.05, 3.63) is 12.7 Å². The van der Waals surface area contributed by atoms with Gasteiger partial charge in [0.25, 0.3) is 0 Å². The van der Waals surface area contributed by atoms with Crippen LogP contribution in [-0.2, 0) is 14.3 Å². The molecule has 0 aliphatic rings. The number of esters is 1. The topological polar surface area (TPSA) is 132 Å². The maximum atomic E-state index is 11.7. The van der Waals surface area contributed by atoms with Crippen molar-refractivity contribution < 1.29 is 23.9 Å². The van der Waals surface area contributed by atoms with Crippen molar-refractivity contribution >= 4 is 24.3 Å². The lowest BCUT2D eigenvalue weighted by atomic mass is 10.1. The standard InChI is InChI=1S/C14H24N4O5/c1-5-8-22-13(21)17-10(9-16-18-12(15)20)6-7-11(19)23-14(2,3)4/h5,9-10H,1,6-8H2,2-4H3,(H,17,21)(H3,15,18,20)/b16-9+. The highest BCUT2D eigenvalue weighted by molar-refractivity contribution is 5.78. The molecule has 4 N–H and O–H groups in total. The quantitative estimate of drug-likeness (QED) is 0.265. The number of nitrogens with zero attached hydrogens (tertiary/aromatic N) is 1. The van der Waals surface area contributed by atoms with Gasteiger partial charge in [-0.3, -0.25) is 4.79 Å². The summed E-state index contributed by atoms with van der Waals surface area (Å²) in [6.07, 6.45) is 2.21. The number of rotatable bonds is 8. The van der Waals surface area contributed by atoms with Gasteiger partial charge in [0.05, 0.1) is 6.04 Å². The van der Waals surface area contributed by atoms with Crippen LogP contribution in [0.5, 0.6) is 0 Å². The molecule has 23 heavy (non-hydrogen) atoms. The fraction of sp³-hybridized carbons (Fsp3) is 0.571. The van der Waals surface area contributed by atoms with Crippen LogP contribution in [0.2, 0.25) is 0 Å². The second kappa shape index (κ2) is 10.2. The lowest BCUT2D eigenvalue weighted by Crippen LogP contribution is -2.38. The second-order valence-electron chi connectivity index (χ2n) is 5.52. The number of carbonyl (C=O) groups is 3. The van der Waals surface area contributed by atoms with Gasteiger partial charge in [-0.15, -0.1) is 0 Å². The van der Waals surface area contributed by atoms with Gasteiger partial charge in [0.2, 0.25) is 0 Å². The molecule has 9 heteroatoms. The van der Waals surface area contributed by atoms with Crippen LogP contribution in [0.4, 0.5) is 9.59 Å². The fourth-order valence-corrected chi connectivity index (χ4v) is 1.37. The number of alkyl carbamates (subject to hydrolysis) is 1. The molecule has 0 saturated carbocycles. The highest BCUT2D eigenvalue weighted by atomic mass is 16.6. The number of carbonyl (C=O) groups excluding carboxylic acids is 3. The van der Waals surface area contributed by atoms with Crippen LogP contribution in [0.25, 0.3) is 0 Å². The summed E-state index contributed by atoms with van der Waals surface area (Å²) in [5.74, 6) is -0.417. The van der Waals surface area contributed by atoms with Crippen molar-refractivity contribution in [3.63, 3.8) is 0 Å². The molecule has 1 unspecified atom stereocenters. The molecule has 0 saturated heterocycles. The van der Waals surface area contributed by atoms with Crippen molar-refractivity contribution in [3.8, 4) is 0 Å². The molecule has 0 bridgehead atoms. The number of hydrogen-bond acceptors (Lipinski definition) is 6. The van der Waals surface area contributed by atoms with E-state index >= 15 is 0 Å². The van der Waals surface area contributed by atoms with Gasteiger partial charge in [0.15, 0.2) is 0 Å². The number of nitrogens with one attached hydrogen (secondary N) is 2. The molecule has 3 amide bonds. The molecule has 0 aromatic carbocycles. The SMILES string of the molecule is C=CCOC(=O)NC(/C=N/NC(N)=O)CCC(=O)OC(C)(C)C. The Morgan fingerprint density at radius 1 is 1.35 bits per heavy atom.